The van der Waals surface area contributed by atoms with Crippen LogP contribution < -0.4 is 11.1 Å². The standard InChI is InChI=1S/C11H29N3O4Si2/c1-20(16,10-2-4-13-5-3-12)18-19(15)11-14-6-8-17-9-7-14/h13,15-16,19H,2-12H2,1H3. The van der Waals surface area contributed by atoms with Crippen molar-refractivity contribution in [2.24, 2.45) is 5.73 Å². The third-order valence-electron chi connectivity index (χ3n) is 3.22. The van der Waals surface area contributed by atoms with E-state index in [0.29, 0.717) is 32.0 Å². The Balaban J connectivity index is 2.15. The summed E-state index contributed by atoms with van der Waals surface area (Å²) in [5.74, 6) is 0. The van der Waals surface area contributed by atoms with Gasteiger partial charge in [0.25, 0.3) is 0 Å². The Hall–Kier alpha value is 0.154. The minimum Gasteiger partial charge on any atom is -0.416 e. The maximum absolute atomic E-state index is 10.3. The lowest BCUT2D eigenvalue weighted by molar-refractivity contribution is 0.0430. The van der Waals surface area contributed by atoms with Gasteiger partial charge in [0, 0.05) is 32.3 Å². The van der Waals surface area contributed by atoms with Crippen molar-refractivity contribution in [1.29, 1.82) is 0 Å². The first-order valence-corrected chi connectivity index (χ1v) is 11.7. The smallest absolute Gasteiger partial charge is 0.324 e. The molecule has 5 N–H and O–H groups in total. The monoisotopic (exact) mass is 323 g/mol. The van der Waals surface area contributed by atoms with Crippen LogP contribution >= 0.6 is 0 Å². The molecule has 1 aliphatic heterocycles. The molecule has 0 saturated carbocycles. The van der Waals surface area contributed by atoms with Crippen LogP contribution in [0.15, 0.2) is 0 Å². The summed E-state index contributed by atoms with van der Waals surface area (Å²) in [7, 11) is -5.05. The molecule has 0 amide bonds. The van der Waals surface area contributed by atoms with Crippen LogP contribution in [-0.2, 0) is 8.85 Å². The topological polar surface area (TPSA) is 100 Å². The molecule has 1 fully saturated rings. The molecule has 20 heavy (non-hydrogen) atoms. The van der Waals surface area contributed by atoms with Gasteiger partial charge in [-0.25, -0.2) is 0 Å². The highest BCUT2D eigenvalue weighted by molar-refractivity contribution is 6.71. The zero-order valence-electron chi connectivity index (χ0n) is 12.4. The first-order chi connectivity index (χ1) is 9.53. The van der Waals surface area contributed by atoms with Crippen LogP contribution in [-0.4, -0.2) is 84.4 Å². The van der Waals surface area contributed by atoms with Crippen LogP contribution in [0, 0.1) is 0 Å². The lowest BCUT2D eigenvalue weighted by Crippen LogP contribution is -2.49. The van der Waals surface area contributed by atoms with Gasteiger partial charge in [-0.05, 0) is 25.6 Å². The third kappa shape index (κ3) is 8.44. The normalized spacial score (nSPS) is 21.6. The van der Waals surface area contributed by atoms with Crippen molar-refractivity contribution >= 4 is 17.8 Å². The second-order valence-electron chi connectivity index (χ2n) is 5.30. The van der Waals surface area contributed by atoms with Gasteiger partial charge in [0.05, 0.1) is 13.2 Å². The van der Waals surface area contributed by atoms with Crippen LogP contribution in [0.1, 0.15) is 6.42 Å². The zero-order chi connectivity index (χ0) is 14.8. The van der Waals surface area contributed by atoms with Gasteiger partial charge >= 0.3 is 17.8 Å². The average molecular weight is 324 g/mol. The molecular weight excluding hydrogens is 294 g/mol. The SMILES string of the molecule is C[Si](O)(CCCNCCN)O[SiH](O)CN1CCOCC1. The van der Waals surface area contributed by atoms with Crippen LogP contribution in [0.25, 0.3) is 0 Å². The number of ether oxygens (including phenoxy) is 1. The van der Waals surface area contributed by atoms with Gasteiger partial charge in [0.1, 0.15) is 0 Å². The summed E-state index contributed by atoms with van der Waals surface area (Å²) < 4.78 is 10.9. The summed E-state index contributed by atoms with van der Waals surface area (Å²) in [6, 6.07) is 0.637. The number of nitrogens with zero attached hydrogens (tertiary/aromatic N) is 1. The summed E-state index contributed by atoms with van der Waals surface area (Å²) >= 11 is 0. The van der Waals surface area contributed by atoms with Gasteiger partial charge in [-0.3, -0.25) is 4.90 Å². The fraction of sp³-hybridized carbons (Fsp3) is 1.00. The highest BCUT2D eigenvalue weighted by atomic mass is 28.4. The van der Waals surface area contributed by atoms with Gasteiger partial charge in [-0.1, -0.05) is 0 Å². The first-order valence-electron chi connectivity index (χ1n) is 7.32. The molecule has 1 rings (SSSR count). The van der Waals surface area contributed by atoms with E-state index in [4.69, 9.17) is 14.6 Å². The summed E-state index contributed by atoms with van der Waals surface area (Å²) in [5.41, 5.74) is 5.38. The largest absolute Gasteiger partial charge is 0.416 e. The van der Waals surface area contributed by atoms with Crippen LogP contribution in [0.3, 0.4) is 0 Å². The molecule has 0 spiro atoms. The van der Waals surface area contributed by atoms with Crippen molar-refractivity contribution < 1.29 is 18.4 Å². The maximum Gasteiger partial charge on any atom is 0.324 e. The van der Waals surface area contributed by atoms with Crippen molar-refractivity contribution in [1.82, 2.24) is 10.2 Å². The van der Waals surface area contributed by atoms with Crippen LogP contribution in [0.5, 0.6) is 0 Å². The highest BCUT2D eigenvalue weighted by Crippen LogP contribution is 2.11. The average Bonchev–Trinajstić information content (AvgIpc) is 2.38. The van der Waals surface area contributed by atoms with Gasteiger partial charge in [0.2, 0.25) is 0 Å². The van der Waals surface area contributed by atoms with Crippen molar-refractivity contribution in [2.75, 3.05) is 52.1 Å². The molecule has 0 aromatic heterocycles. The van der Waals surface area contributed by atoms with Gasteiger partial charge in [-0.2, -0.15) is 0 Å². The molecule has 9 heteroatoms. The van der Waals surface area contributed by atoms with Crippen molar-refractivity contribution in [2.45, 2.75) is 19.0 Å². The molecule has 1 saturated heterocycles. The van der Waals surface area contributed by atoms with E-state index < -0.39 is 17.8 Å². The quantitative estimate of drug-likeness (QED) is 0.275. The van der Waals surface area contributed by atoms with Gasteiger partial charge < -0.3 is 29.5 Å². The van der Waals surface area contributed by atoms with E-state index in [1.807, 2.05) is 0 Å². The number of rotatable bonds is 10. The zero-order valence-corrected chi connectivity index (χ0v) is 14.5. The first kappa shape index (κ1) is 18.2. The Labute approximate surface area is 124 Å². The summed E-state index contributed by atoms with van der Waals surface area (Å²) in [4.78, 5) is 22.5. The maximum atomic E-state index is 10.3. The Morgan fingerprint density at radius 2 is 2.10 bits per heavy atom. The number of hydrogen-bond acceptors (Lipinski definition) is 7. The Bertz CT molecular complexity index is 256. The molecule has 0 radical (unpaired) electrons. The third-order valence-corrected chi connectivity index (χ3v) is 8.45. The molecule has 0 bridgehead atoms. The second kappa shape index (κ2) is 9.98. The highest BCUT2D eigenvalue weighted by Gasteiger charge is 2.31. The number of nitrogens with two attached hydrogens (primary N) is 1. The minimum absolute atomic E-state index is 0.567. The number of hydrogen-bond donors (Lipinski definition) is 4. The molecule has 120 valence electrons. The van der Waals surface area contributed by atoms with E-state index >= 15 is 0 Å². The van der Waals surface area contributed by atoms with Crippen molar-refractivity contribution in [3.8, 4) is 0 Å². The molecule has 7 nitrogen and oxygen atoms in total. The molecule has 2 atom stereocenters. The van der Waals surface area contributed by atoms with E-state index in [1.54, 1.807) is 6.55 Å². The van der Waals surface area contributed by atoms with Crippen LogP contribution in [0.4, 0.5) is 0 Å². The molecule has 0 aromatic rings. The lowest BCUT2D eigenvalue weighted by atomic mass is 10.5. The predicted molar refractivity (Wildman–Crippen MR) is 82.9 cm³/mol. The Morgan fingerprint density at radius 1 is 1.40 bits per heavy atom. The Kier molecular flexibility index (Phi) is 9.08. The fourth-order valence-electron chi connectivity index (χ4n) is 2.16. The molecule has 0 aliphatic carbocycles. The molecule has 2 unspecified atom stereocenters. The van der Waals surface area contributed by atoms with Crippen molar-refractivity contribution in [3.05, 3.63) is 0 Å². The molecule has 0 aromatic carbocycles. The fourth-order valence-corrected chi connectivity index (χ4v) is 6.92. The number of morpholine rings is 1. The summed E-state index contributed by atoms with van der Waals surface area (Å²) in [6.07, 6.45) is 1.41. The molecular formula is C11H29N3O4Si2. The summed E-state index contributed by atoms with van der Waals surface area (Å²) in [5, 5.41) is 3.18. The lowest BCUT2D eigenvalue weighted by Gasteiger charge is -2.30. The minimum atomic E-state index is -2.73. The second-order valence-corrected chi connectivity index (χ2v) is 10.4. The van der Waals surface area contributed by atoms with E-state index in [-0.39, 0.29) is 0 Å². The van der Waals surface area contributed by atoms with Gasteiger partial charge in [-0.15, -0.1) is 0 Å². The van der Waals surface area contributed by atoms with Gasteiger partial charge in [0.15, 0.2) is 0 Å². The predicted octanol–water partition coefficient (Wildman–Crippen LogP) is -1.91. The molecule has 1 aliphatic rings. The molecule has 1 heterocycles. The summed E-state index contributed by atoms with van der Waals surface area (Å²) in [6.45, 7) is 7.08. The van der Waals surface area contributed by atoms with E-state index in [2.05, 4.69) is 10.2 Å². The number of nitrogens with one attached hydrogen (secondary N) is 1. The van der Waals surface area contributed by atoms with Crippen LogP contribution in [0.2, 0.25) is 12.6 Å². The van der Waals surface area contributed by atoms with E-state index in [1.165, 1.54) is 0 Å². The van der Waals surface area contributed by atoms with E-state index in [9.17, 15) is 9.59 Å². The Morgan fingerprint density at radius 3 is 2.75 bits per heavy atom. The van der Waals surface area contributed by atoms with E-state index in [0.717, 1.165) is 32.6 Å². The van der Waals surface area contributed by atoms with Crippen molar-refractivity contribution in [3.63, 3.8) is 0 Å².